The van der Waals surface area contributed by atoms with Gasteiger partial charge in [-0.1, -0.05) is 43.7 Å². The third-order valence-corrected chi connectivity index (χ3v) is 3.74. The molecule has 2 unspecified atom stereocenters. The van der Waals surface area contributed by atoms with Crippen molar-refractivity contribution in [3.8, 4) is 11.8 Å². The maximum absolute atomic E-state index is 12.5. The number of aliphatic hydroxyl groups is 1. The normalized spacial score (nSPS) is 13.0. The topological polar surface area (TPSA) is 49.3 Å². The molecule has 0 saturated carbocycles. The fourth-order valence-electron chi connectivity index (χ4n) is 1.95. The van der Waals surface area contributed by atoms with E-state index in [1.54, 1.807) is 0 Å². The average Bonchev–Trinajstić information content (AvgIpc) is 2.47. The van der Waals surface area contributed by atoms with E-state index in [1.807, 2.05) is 32.0 Å². The molecule has 0 heterocycles. The lowest BCUT2D eigenvalue weighted by Gasteiger charge is -2.20. The highest BCUT2D eigenvalue weighted by Gasteiger charge is 2.16. The van der Waals surface area contributed by atoms with Crippen molar-refractivity contribution in [3.05, 3.63) is 34.9 Å². The SMILES string of the molecule is CCC(C)C(C)NC(=O)c1cc(C)ccc1C#CCCO. The molecule has 2 atom stereocenters. The fourth-order valence-corrected chi connectivity index (χ4v) is 1.95. The minimum atomic E-state index is -0.0835. The van der Waals surface area contributed by atoms with E-state index in [0.29, 0.717) is 23.5 Å². The van der Waals surface area contributed by atoms with Gasteiger partial charge in [0.15, 0.2) is 0 Å². The number of nitrogens with one attached hydrogen (secondary N) is 1. The minimum Gasteiger partial charge on any atom is -0.395 e. The van der Waals surface area contributed by atoms with Crippen LogP contribution >= 0.6 is 0 Å². The second-order valence-corrected chi connectivity index (χ2v) is 5.47. The summed E-state index contributed by atoms with van der Waals surface area (Å²) in [7, 11) is 0. The van der Waals surface area contributed by atoms with Crippen LogP contribution in [0.5, 0.6) is 0 Å². The molecular weight excluding hydrogens is 262 g/mol. The number of hydrogen-bond donors (Lipinski definition) is 2. The van der Waals surface area contributed by atoms with Crippen LogP contribution in [0.3, 0.4) is 0 Å². The number of aryl methyl sites for hydroxylation is 1. The number of amides is 1. The van der Waals surface area contributed by atoms with Crippen LogP contribution in [0.1, 0.15) is 55.1 Å². The van der Waals surface area contributed by atoms with Crippen LogP contribution in [0.4, 0.5) is 0 Å². The van der Waals surface area contributed by atoms with Crippen LogP contribution in [0, 0.1) is 24.7 Å². The van der Waals surface area contributed by atoms with Crippen molar-refractivity contribution in [1.29, 1.82) is 0 Å². The molecule has 0 spiro atoms. The summed E-state index contributed by atoms with van der Waals surface area (Å²) in [6.45, 7) is 8.26. The number of carbonyl (C=O) groups is 1. The Hall–Kier alpha value is -1.79. The molecule has 0 bridgehead atoms. The number of benzene rings is 1. The van der Waals surface area contributed by atoms with E-state index >= 15 is 0 Å². The van der Waals surface area contributed by atoms with Gasteiger partial charge >= 0.3 is 0 Å². The van der Waals surface area contributed by atoms with Gasteiger partial charge in [-0.05, 0) is 31.9 Å². The molecule has 0 aromatic heterocycles. The van der Waals surface area contributed by atoms with E-state index < -0.39 is 0 Å². The molecule has 1 rings (SSSR count). The Balaban J connectivity index is 2.97. The van der Waals surface area contributed by atoms with Crippen molar-refractivity contribution >= 4 is 5.91 Å². The molecule has 1 aromatic rings. The third kappa shape index (κ3) is 5.24. The summed E-state index contributed by atoms with van der Waals surface area (Å²) in [4.78, 5) is 12.5. The Kier molecular flexibility index (Phi) is 6.98. The van der Waals surface area contributed by atoms with E-state index in [1.165, 1.54) is 0 Å². The Morgan fingerprint density at radius 1 is 1.38 bits per heavy atom. The lowest BCUT2D eigenvalue weighted by molar-refractivity contribution is 0.0928. The maximum atomic E-state index is 12.5. The zero-order valence-electron chi connectivity index (χ0n) is 13.4. The van der Waals surface area contributed by atoms with Gasteiger partial charge in [-0.25, -0.2) is 0 Å². The maximum Gasteiger partial charge on any atom is 0.252 e. The molecule has 21 heavy (non-hydrogen) atoms. The summed E-state index contributed by atoms with van der Waals surface area (Å²) in [5.74, 6) is 6.19. The molecule has 0 saturated heterocycles. The zero-order chi connectivity index (χ0) is 15.8. The van der Waals surface area contributed by atoms with Gasteiger partial charge in [0, 0.05) is 18.0 Å². The Bertz CT molecular complexity index is 540. The van der Waals surface area contributed by atoms with Crippen LogP contribution in [0.15, 0.2) is 18.2 Å². The molecule has 2 N–H and O–H groups in total. The highest BCUT2D eigenvalue weighted by molar-refractivity contribution is 5.97. The lowest BCUT2D eigenvalue weighted by atomic mass is 9.99. The first kappa shape index (κ1) is 17.3. The Morgan fingerprint density at radius 2 is 2.10 bits per heavy atom. The van der Waals surface area contributed by atoms with E-state index in [4.69, 9.17) is 5.11 Å². The lowest BCUT2D eigenvalue weighted by Crippen LogP contribution is -2.37. The molecule has 3 nitrogen and oxygen atoms in total. The first-order valence-corrected chi connectivity index (χ1v) is 7.50. The van der Waals surface area contributed by atoms with Crippen molar-refractivity contribution < 1.29 is 9.90 Å². The predicted octanol–water partition coefficient (Wildman–Crippen LogP) is 2.89. The molecule has 1 aromatic carbocycles. The van der Waals surface area contributed by atoms with Crippen molar-refractivity contribution in [2.75, 3.05) is 6.61 Å². The van der Waals surface area contributed by atoms with Crippen LogP contribution in [-0.4, -0.2) is 23.7 Å². The predicted molar refractivity (Wildman–Crippen MR) is 86.1 cm³/mol. The molecule has 0 aliphatic carbocycles. The van der Waals surface area contributed by atoms with Gasteiger partial charge in [-0.2, -0.15) is 0 Å². The van der Waals surface area contributed by atoms with Crippen molar-refractivity contribution in [2.24, 2.45) is 5.92 Å². The fraction of sp³-hybridized carbons (Fsp3) is 0.500. The number of rotatable bonds is 5. The smallest absolute Gasteiger partial charge is 0.252 e. The molecule has 114 valence electrons. The number of carbonyl (C=O) groups excluding carboxylic acids is 1. The molecule has 3 heteroatoms. The first-order chi connectivity index (χ1) is 9.99. The second-order valence-electron chi connectivity index (χ2n) is 5.47. The van der Waals surface area contributed by atoms with Crippen LogP contribution in [0.2, 0.25) is 0 Å². The Labute approximate surface area is 127 Å². The Morgan fingerprint density at radius 3 is 2.71 bits per heavy atom. The van der Waals surface area contributed by atoms with Gasteiger partial charge < -0.3 is 10.4 Å². The summed E-state index contributed by atoms with van der Waals surface area (Å²) in [5.41, 5.74) is 2.35. The average molecular weight is 287 g/mol. The van der Waals surface area contributed by atoms with Gasteiger partial charge in [0.2, 0.25) is 0 Å². The summed E-state index contributed by atoms with van der Waals surface area (Å²) < 4.78 is 0. The van der Waals surface area contributed by atoms with E-state index in [2.05, 4.69) is 31.0 Å². The summed E-state index contributed by atoms with van der Waals surface area (Å²) in [5, 5.41) is 11.8. The molecule has 1 amide bonds. The van der Waals surface area contributed by atoms with E-state index in [0.717, 1.165) is 12.0 Å². The van der Waals surface area contributed by atoms with Crippen LogP contribution in [-0.2, 0) is 0 Å². The summed E-state index contributed by atoms with van der Waals surface area (Å²) >= 11 is 0. The van der Waals surface area contributed by atoms with E-state index in [9.17, 15) is 4.79 Å². The third-order valence-electron chi connectivity index (χ3n) is 3.74. The van der Waals surface area contributed by atoms with Gasteiger partial charge in [-0.15, -0.1) is 0 Å². The van der Waals surface area contributed by atoms with Crippen molar-refractivity contribution in [1.82, 2.24) is 5.32 Å². The highest BCUT2D eigenvalue weighted by Crippen LogP contribution is 2.13. The largest absolute Gasteiger partial charge is 0.395 e. The van der Waals surface area contributed by atoms with Crippen LogP contribution in [0.25, 0.3) is 0 Å². The van der Waals surface area contributed by atoms with Crippen molar-refractivity contribution in [2.45, 2.75) is 46.6 Å². The van der Waals surface area contributed by atoms with Gasteiger partial charge in [0.1, 0.15) is 0 Å². The summed E-state index contributed by atoms with van der Waals surface area (Å²) in [6, 6.07) is 5.79. The highest BCUT2D eigenvalue weighted by atomic mass is 16.2. The molecular formula is C18H25NO2. The van der Waals surface area contributed by atoms with Crippen LogP contribution < -0.4 is 5.32 Å². The first-order valence-electron chi connectivity index (χ1n) is 7.50. The molecule has 0 aliphatic heterocycles. The van der Waals surface area contributed by atoms with Gasteiger partial charge in [0.05, 0.1) is 12.2 Å². The standard InChI is InChI=1S/C18H25NO2/c1-5-14(3)15(4)19-18(21)17-12-13(2)9-10-16(17)8-6-7-11-20/h9-10,12,14-15,20H,5,7,11H2,1-4H3,(H,19,21). The number of hydrogen-bond acceptors (Lipinski definition) is 2. The van der Waals surface area contributed by atoms with E-state index in [-0.39, 0.29) is 18.6 Å². The molecule has 0 fully saturated rings. The second kappa shape index (κ2) is 8.49. The van der Waals surface area contributed by atoms with Gasteiger partial charge in [-0.3, -0.25) is 4.79 Å². The minimum absolute atomic E-state index is 0.0332. The van der Waals surface area contributed by atoms with Crippen molar-refractivity contribution in [3.63, 3.8) is 0 Å². The number of aliphatic hydroxyl groups excluding tert-OH is 1. The monoisotopic (exact) mass is 287 g/mol. The zero-order valence-corrected chi connectivity index (χ0v) is 13.4. The van der Waals surface area contributed by atoms with Gasteiger partial charge in [0.25, 0.3) is 5.91 Å². The molecule has 0 aliphatic rings. The quantitative estimate of drug-likeness (QED) is 0.818. The summed E-state index contributed by atoms with van der Waals surface area (Å²) in [6.07, 6.45) is 1.44. The molecule has 0 radical (unpaired) electrons.